The van der Waals surface area contributed by atoms with Gasteiger partial charge >= 0.3 is 12.1 Å². The van der Waals surface area contributed by atoms with Gasteiger partial charge in [0, 0.05) is 60.4 Å². The number of pyridine rings is 1. The Kier molecular flexibility index (Phi) is 9.74. The predicted molar refractivity (Wildman–Crippen MR) is 135 cm³/mol. The van der Waals surface area contributed by atoms with Crippen molar-refractivity contribution in [2.24, 2.45) is 0 Å². The number of hydrogen-bond acceptors (Lipinski definition) is 6. The van der Waals surface area contributed by atoms with E-state index in [0.717, 1.165) is 52.3 Å². The van der Waals surface area contributed by atoms with Crippen LogP contribution in [0.5, 0.6) is 0 Å². The standard InChI is InChI=1S/C25H24N4O4.C2HF3O/c1-2-33-24(31)7-6-23(30)28-15-16-4-3-5-17(12-16)21-13-18(8-10-26-21)22-14-19-20(29-22)9-11-27-25(19)32;3-2(4,5)1-6/h3-8,10,12-14,29H,2,9,11,15H2,1H3,(H,27,32)(H,28,30);1H/b7-6+;. The number of carbonyl (C=O) groups excluding carboxylic acids is 4. The number of carbonyl (C=O) groups is 4. The number of halogens is 3. The number of esters is 1. The van der Waals surface area contributed by atoms with Gasteiger partial charge in [-0.05, 0) is 36.8 Å². The predicted octanol–water partition coefficient (Wildman–Crippen LogP) is 3.51. The molecule has 0 saturated carbocycles. The molecule has 3 aromatic rings. The van der Waals surface area contributed by atoms with E-state index in [1.54, 1.807) is 13.1 Å². The van der Waals surface area contributed by atoms with E-state index in [4.69, 9.17) is 9.53 Å². The number of aromatic nitrogens is 2. The van der Waals surface area contributed by atoms with E-state index >= 15 is 0 Å². The van der Waals surface area contributed by atoms with Crippen LogP contribution in [0.3, 0.4) is 0 Å². The molecule has 12 heteroatoms. The first-order chi connectivity index (χ1) is 18.6. The van der Waals surface area contributed by atoms with E-state index in [2.05, 4.69) is 20.6 Å². The summed E-state index contributed by atoms with van der Waals surface area (Å²) in [6.45, 7) is 2.90. The lowest BCUT2D eigenvalue weighted by molar-refractivity contribution is -0.156. The lowest BCUT2D eigenvalue weighted by Crippen LogP contribution is -2.31. The first-order valence-electron chi connectivity index (χ1n) is 11.8. The molecule has 39 heavy (non-hydrogen) atoms. The number of H-pyrrole nitrogens is 1. The molecule has 2 amide bonds. The Morgan fingerprint density at radius 1 is 1.13 bits per heavy atom. The third kappa shape index (κ3) is 8.66. The van der Waals surface area contributed by atoms with Crippen LogP contribution in [0.2, 0.25) is 0 Å². The van der Waals surface area contributed by atoms with Crippen molar-refractivity contribution in [2.75, 3.05) is 13.2 Å². The average molecular weight is 543 g/mol. The number of benzene rings is 1. The molecule has 1 aliphatic heterocycles. The van der Waals surface area contributed by atoms with Crippen molar-refractivity contribution in [1.82, 2.24) is 20.6 Å². The summed E-state index contributed by atoms with van der Waals surface area (Å²) in [5.41, 5.74) is 6.01. The zero-order valence-electron chi connectivity index (χ0n) is 20.8. The minimum absolute atomic E-state index is 0.0557. The molecule has 0 atom stereocenters. The summed E-state index contributed by atoms with van der Waals surface area (Å²) in [4.78, 5) is 51.9. The van der Waals surface area contributed by atoms with Crippen molar-refractivity contribution in [3.8, 4) is 22.5 Å². The SMILES string of the molecule is CCOC(=O)/C=C/C(=O)NCc1cccc(-c2cc(-c3cc4c([nH]3)CCNC4=O)ccn2)c1.O=CC(F)(F)F. The minimum atomic E-state index is -4.64. The van der Waals surface area contributed by atoms with E-state index < -0.39 is 18.4 Å². The molecule has 4 rings (SSSR count). The molecule has 0 spiro atoms. The number of nitrogens with one attached hydrogen (secondary N) is 3. The zero-order chi connectivity index (χ0) is 28.4. The second-order valence-electron chi connectivity index (χ2n) is 8.17. The highest BCUT2D eigenvalue weighted by molar-refractivity contribution is 5.98. The monoisotopic (exact) mass is 542 g/mol. The number of alkyl halides is 3. The maximum Gasteiger partial charge on any atom is 0.446 e. The molecule has 3 heterocycles. The Morgan fingerprint density at radius 2 is 1.90 bits per heavy atom. The minimum Gasteiger partial charge on any atom is -0.463 e. The van der Waals surface area contributed by atoms with Crippen molar-refractivity contribution in [3.63, 3.8) is 0 Å². The van der Waals surface area contributed by atoms with Crippen molar-refractivity contribution in [1.29, 1.82) is 0 Å². The molecule has 0 aliphatic carbocycles. The van der Waals surface area contributed by atoms with Crippen LogP contribution in [-0.2, 0) is 32.1 Å². The van der Waals surface area contributed by atoms with Crippen LogP contribution < -0.4 is 10.6 Å². The van der Waals surface area contributed by atoms with Gasteiger partial charge in [-0.25, -0.2) is 4.79 Å². The normalized spacial score (nSPS) is 12.6. The number of aromatic amines is 1. The molecule has 0 unspecified atom stereocenters. The van der Waals surface area contributed by atoms with Gasteiger partial charge in [0.15, 0.2) is 0 Å². The second kappa shape index (κ2) is 13.2. The highest BCUT2D eigenvalue weighted by Crippen LogP contribution is 2.27. The number of fused-ring (bicyclic) bond motifs is 1. The molecular weight excluding hydrogens is 517 g/mol. The summed E-state index contributed by atoms with van der Waals surface area (Å²) < 4.78 is 36.0. The van der Waals surface area contributed by atoms with Gasteiger partial charge in [0.05, 0.1) is 17.9 Å². The molecule has 3 N–H and O–H groups in total. The maximum absolute atomic E-state index is 12.1. The lowest BCUT2D eigenvalue weighted by atomic mass is 10.0. The first-order valence-corrected chi connectivity index (χ1v) is 11.8. The Morgan fingerprint density at radius 3 is 2.59 bits per heavy atom. The van der Waals surface area contributed by atoms with Gasteiger partial charge in [0.2, 0.25) is 12.2 Å². The van der Waals surface area contributed by atoms with Gasteiger partial charge < -0.3 is 20.4 Å². The van der Waals surface area contributed by atoms with Crippen LogP contribution in [0, 0.1) is 0 Å². The molecule has 0 fully saturated rings. The van der Waals surface area contributed by atoms with Crippen LogP contribution in [-0.4, -0.2) is 53.4 Å². The Hall–Kier alpha value is -4.74. The van der Waals surface area contributed by atoms with Crippen LogP contribution in [0.1, 0.15) is 28.5 Å². The highest BCUT2D eigenvalue weighted by Gasteiger charge is 2.25. The zero-order valence-corrected chi connectivity index (χ0v) is 20.8. The molecule has 0 radical (unpaired) electrons. The van der Waals surface area contributed by atoms with Crippen molar-refractivity contribution < 1.29 is 37.1 Å². The summed E-state index contributed by atoms with van der Waals surface area (Å²) >= 11 is 0. The Bertz CT molecular complexity index is 1380. The molecular formula is C27H25F3N4O5. The van der Waals surface area contributed by atoms with Crippen LogP contribution in [0.4, 0.5) is 13.2 Å². The van der Waals surface area contributed by atoms with E-state index in [1.165, 1.54) is 0 Å². The summed E-state index contributed by atoms with van der Waals surface area (Å²) in [7, 11) is 0. The molecule has 2 aromatic heterocycles. The van der Waals surface area contributed by atoms with Crippen molar-refractivity contribution in [2.45, 2.75) is 26.1 Å². The highest BCUT2D eigenvalue weighted by atomic mass is 19.4. The van der Waals surface area contributed by atoms with Gasteiger partial charge in [-0.3, -0.25) is 19.4 Å². The number of rotatable bonds is 7. The summed E-state index contributed by atoms with van der Waals surface area (Å²) in [6.07, 6.45) is -0.927. The third-order valence-corrected chi connectivity index (χ3v) is 5.36. The number of aldehydes is 1. The van der Waals surface area contributed by atoms with Gasteiger partial charge in [0.1, 0.15) is 0 Å². The number of amides is 2. The summed E-state index contributed by atoms with van der Waals surface area (Å²) in [5.74, 6) is -0.989. The quantitative estimate of drug-likeness (QED) is 0.238. The summed E-state index contributed by atoms with van der Waals surface area (Å²) in [6, 6.07) is 13.4. The number of ether oxygens (including phenoxy) is 1. The largest absolute Gasteiger partial charge is 0.463 e. The van der Waals surface area contributed by atoms with Gasteiger partial charge in [-0.2, -0.15) is 13.2 Å². The van der Waals surface area contributed by atoms with Gasteiger partial charge in [0.25, 0.3) is 5.91 Å². The van der Waals surface area contributed by atoms with Crippen molar-refractivity contribution in [3.05, 3.63) is 77.6 Å². The second-order valence-corrected chi connectivity index (χ2v) is 8.17. The van der Waals surface area contributed by atoms with E-state index in [-0.39, 0.29) is 18.4 Å². The maximum atomic E-state index is 12.1. The molecule has 1 aromatic carbocycles. The van der Waals surface area contributed by atoms with E-state index in [9.17, 15) is 27.6 Å². The lowest BCUT2D eigenvalue weighted by Gasteiger charge is -2.11. The molecule has 9 nitrogen and oxygen atoms in total. The smallest absolute Gasteiger partial charge is 0.446 e. The number of nitrogens with zero attached hydrogens (tertiary/aromatic N) is 1. The average Bonchev–Trinajstić information content (AvgIpc) is 3.37. The van der Waals surface area contributed by atoms with Gasteiger partial charge in [-0.1, -0.05) is 18.2 Å². The molecule has 0 saturated heterocycles. The van der Waals surface area contributed by atoms with E-state index in [0.29, 0.717) is 18.7 Å². The van der Waals surface area contributed by atoms with E-state index in [1.807, 2.05) is 42.5 Å². The van der Waals surface area contributed by atoms with Crippen LogP contribution >= 0.6 is 0 Å². The third-order valence-electron chi connectivity index (χ3n) is 5.36. The fourth-order valence-corrected chi connectivity index (χ4v) is 3.63. The Balaban J connectivity index is 0.000000631. The Labute approximate surface area is 221 Å². The first kappa shape index (κ1) is 28.8. The van der Waals surface area contributed by atoms with Crippen molar-refractivity contribution >= 4 is 24.1 Å². The number of hydrogen-bond donors (Lipinski definition) is 3. The topological polar surface area (TPSA) is 130 Å². The van der Waals surface area contributed by atoms with Gasteiger partial charge in [-0.15, -0.1) is 0 Å². The molecule has 204 valence electrons. The molecule has 1 aliphatic rings. The molecule has 0 bridgehead atoms. The van der Waals surface area contributed by atoms with Crippen LogP contribution in [0.25, 0.3) is 22.5 Å². The van der Waals surface area contributed by atoms with Crippen LogP contribution in [0.15, 0.2) is 60.8 Å². The fourth-order valence-electron chi connectivity index (χ4n) is 3.63. The fraction of sp³-hybridized carbons (Fsp3) is 0.222. The summed E-state index contributed by atoms with van der Waals surface area (Å²) in [5, 5.41) is 5.60.